The van der Waals surface area contributed by atoms with E-state index in [0.29, 0.717) is 52.3 Å². The first kappa shape index (κ1) is 55.6. The monoisotopic (exact) mass is 1100 g/mol. The molecule has 2 saturated heterocycles. The lowest BCUT2D eigenvalue weighted by atomic mass is 9.74. The zero-order valence-electron chi connectivity index (χ0n) is 46.8. The standard InChI is InChI=1S/2C33H31BO7/c1-32(2)33(3,4)41-34(40-32)27-12-8-5-9-20(27)19-38-22-14-16-26-29(18-22)39-28-17-21(35)13-15-25(28)30(26)23-10-6-7-11-24(23)31(36)37;1-32(2)33(3,4)41-34(40-32)21-11-9-20(10-12-21)19-38-23-14-16-27-29(18-23)39-28-17-22(35)13-15-26(28)30(27)24-7-5-6-8-25(24)31(36)37/h5-18,25,30H,19H2,1-4H3,(H,36,37);5-18,26,30H,19H2,1-4H3,(H,36,37). The molecule has 6 aliphatic rings. The van der Waals surface area contributed by atoms with Crippen molar-refractivity contribution in [3.63, 3.8) is 0 Å². The summed E-state index contributed by atoms with van der Waals surface area (Å²) in [6, 6.07) is 40.9. The minimum atomic E-state index is -1.00. The van der Waals surface area contributed by atoms with E-state index in [1.807, 2.05) is 152 Å². The number of allylic oxidation sites excluding steroid dienone is 6. The van der Waals surface area contributed by atoms with Gasteiger partial charge < -0.3 is 47.8 Å². The Morgan fingerprint density at radius 2 is 0.927 bits per heavy atom. The Bertz CT molecular complexity index is 3630. The van der Waals surface area contributed by atoms with Gasteiger partial charge in [-0.05, 0) is 125 Å². The van der Waals surface area contributed by atoms with E-state index in [4.69, 9.17) is 37.6 Å². The normalized spacial score (nSPS) is 21.9. The summed E-state index contributed by atoms with van der Waals surface area (Å²) in [6.07, 6.45) is 9.54. The molecular formula is C66H62B2O14. The van der Waals surface area contributed by atoms with Crippen LogP contribution >= 0.6 is 0 Å². The van der Waals surface area contributed by atoms with Crippen molar-refractivity contribution >= 4 is 48.7 Å². The second-order valence-corrected chi connectivity index (χ2v) is 23.2. The molecule has 0 bridgehead atoms. The molecule has 12 rings (SSSR count). The molecule has 0 aromatic heterocycles. The van der Waals surface area contributed by atoms with Crippen molar-refractivity contribution in [1.82, 2.24) is 0 Å². The number of carbonyl (C=O) groups excluding carboxylic acids is 2. The second-order valence-electron chi connectivity index (χ2n) is 23.2. The minimum Gasteiger partial charge on any atom is -0.489 e. The molecule has 0 amide bonds. The largest absolute Gasteiger partial charge is 0.495 e. The van der Waals surface area contributed by atoms with Crippen molar-refractivity contribution in [1.29, 1.82) is 0 Å². The molecule has 6 aromatic rings. The van der Waals surface area contributed by atoms with Crippen molar-refractivity contribution in [3.8, 4) is 23.0 Å². The number of hydrogen-bond acceptors (Lipinski definition) is 12. The van der Waals surface area contributed by atoms with E-state index < -0.39 is 48.6 Å². The summed E-state index contributed by atoms with van der Waals surface area (Å²) >= 11 is 0. The van der Waals surface area contributed by atoms with Crippen LogP contribution in [-0.2, 0) is 41.4 Å². The maximum absolute atomic E-state index is 12.2. The van der Waals surface area contributed by atoms with Crippen LogP contribution in [0.15, 0.2) is 181 Å². The topological polar surface area (TPSA) is 183 Å². The van der Waals surface area contributed by atoms with Crippen molar-refractivity contribution < 1.29 is 67.0 Å². The van der Waals surface area contributed by atoms with Gasteiger partial charge in [0.2, 0.25) is 0 Å². The van der Waals surface area contributed by atoms with Crippen LogP contribution in [0.4, 0.5) is 0 Å². The number of benzene rings is 6. The van der Waals surface area contributed by atoms with Crippen LogP contribution in [-0.4, -0.2) is 70.4 Å². The fourth-order valence-corrected chi connectivity index (χ4v) is 11.0. The third-order valence-electron chi connectivity index (χ3n) is 16.9. The third-order valence-corrected chi connectivity index (χ3v) is 16.9. The van der Waals surface area contributed by atoms with Crippen LogP contribution in [0.2, 0.25) is 0 Å². The number of aromatic carboxylic acids is 2. The Balaban J connectivity index is 0.000000172. The average Bonchev–Trinajstić information content (AvgIpc) is 3.17. The first-order chi connectivity index (χ1) is 39.1. The van der Waals surface area contributed by atoms with Gasteiger partial charge in [0.15, 0.2) is 11.6 Å². The minimum absolute atomic E-state index is 0.165. The first-order valence-corrected chi connectivity index (χ1v) is 27.4. The molecule has 16 heteroatoms. The molecule has 2 N–H and O–H groups in total. The zero-order chi connectivity index (χ0) is 57.9. The van der Waals surface area contributed by atoms with Crippen LogP contribution in [0.5, 0.6) is 23.0 Å². The third kappa shape index (κ3) is 10.7. The van der Waals surface area contributed by atoms with Crippen molar-refractivity contribution in [2.24, 2.45) is 11.8 Å². The van der Waals surface area contributed by atoms with Crippen LogP contribution in [0.3, 0.4) is 0 Å². The zero-order valence-corrected chi connectivity index (χ0v) is 46.8. The summed E-state index contributed by atoms with van der Waals surface area (Å²) in [7, 11) is -0.936. The van der Waals surface area contributed by atoms with Crippen LogP contribution in [0, 0.1) is 11.8 Å². The van der Waals surface area contributed by atoms with Gasteiger partial charge in [-0.25, -0.2) is 9.59 Å². The van der Waals surface area contributed by atoms with E-state index >= 15 is 0 Å². The van der Waals surface area contributed by atoms with Gasteiger partial charge in [0, 0.05) is 59.1 Å². The molecule has 416 valence electrons. The molecule has 4 unspecified atom stereocenters. The summed E-state index contributed by atoms with van der Waals surface area (Å²) < 4.78 is 49.6. The molecule has 0 saturated carbocycles. The highest BCUT2D eigenvalue weighted by Crippen LogP contribution is 2.51. The van der Waals surface area contributed by atoms with Crippen molar-refractivity contribution in [2.75, 3.05) is 0 Å². The molecule has 0 spiro atoms. The summed E-state index contributed by atoms with van der Waals surface area (Å²) in [4.78, 5) is 48.5. The number of ether oxygens (including phenoxy) is 4. The number of hydrogen-bond donors (Lipinski definition) is 2. The lowest BCUT2D eigenvalue weighted by Gasteiger charge is -2.35. The number of fused-ring (bicyclic) bond motifs is 4. The Morgan fingerprint density at radius 1 is 0.500 bits per heavy atom. The number of carbonyl (C=O) groups is 4. The van der Waals surface area contributed by atoms with Crippen molar-refractivity contribution in [2.45, 2.75) is 103 Å². The highest BCUT2D eigenvalue weighted by molar-refractivity contribution is 6.63. The molecule has 4 heterocycles. The van der Waals surface area contributed by atoms with Gasteiger partial charge in [0.25, 0.3) is 0 Å². The van der Waals surface area contributed by atoms with Gasteiger partial charge in [0.05, 0.1) is 33.5 Å². The van der Waals surface area contributed by atoms with E-state index in [1.54, 1.807) is 48.6 Å². The molecule has 82 heavy (non-hydrogen) atoms. The molecular weight excluding hydrogens is 1040 g/mol. The molecule has 6 aromatic carbocycles. The molecule has 2 fully saturated rings. The molecule has 4 aliphatic heterocycles. The molecule has 2 aliphatic carbocycles. The second kappa shape index (κ2) is 21.6. The molecule has 0 radical (unpaired) electrons. The number of ketones is 2. The van der Waals surface area contributed by atoms with E-state index in [0.717, 1.165) is 33.2 Å². The van der Waals surface area contributed by atoms with Gasteiger partial charge in [-0.3, -0.25) is 9.59 Å². The van der Waals surface area contributed by atoms with Crippen LogP contribution in [0.1, 0.15) is 121 Å². The smallest absolute Gasteiger partial charge is 0.489 e. The maximum Gasteiger partial charge on any atom is 0.495 e. The Morgan fingerprint density at radius 3 is 1.40 bits per heavy atom. The van der Waals surface area contributed by atoms with Gasteiger partial charge in [-0.15, -0.1) is 0 Å². The molecule has 14 nitrogen and oxygen atoms in total. The summed E-state index contributed by atoms with van der Waals surface area (Å²) in [5.74, 6) is -0.410. The number of carboxylic acid groups (broad SMARTS) is 2. The summed E-state index contributed by atoms with van der Waals surface area (Å²) in [5.41, 5.74) is 5.45. The maximum atomic E-state index is 12.2. The Labute approximate surface area is 477 Å². The fraction of sp³-hybridized carbons (Fsp3) is 0.273. The predicted molar refractivity (Wildman–Crippen MR) is 309 cm³/mol. The highest BCUT2D eigenvalue weighted by atomic mass is 16.7. The number of rotatable bonds is 12. The Kier molecular flexibility index (Phi) is 14.6. The fourth-order valence-electron chi connectivity index (χ4n) is 11.0. The van der Waals surface area contributed by atoms with Gasteiger partial charge in [0.1, 0.15) is 47.7 Å². The summed E-state index contributed by atoms with van der Waals surface area (Å²) in [5, 5.41) is 19.8. The lowest BCUT2D eigenvalue weighted by Crippen LogP contribution is -2.41. The predicted octanol–water partition coefficient (Wildman–Crippen LogP) is 10.9. The van der Waals surface area contributed by atoms with E-state index in [-0.39, 0.29) is 53.0 Å². The SMILES string of the molecule is CC1(C)OB(c2ccc(COc3ccc4c(c3)OC3=CC(=O)C=CC3C4c3ccccc3C(=O)O)cc2)OC1(C)C.CC1(C)OB(c2ccccc2COc2ccc3c(c2)OC2=CC(=O)C=CC2C3c2ccccc2C(=O)O)OC1(C)C. The Hall–Kier alpha value is -8.27. The number of carboxylic acids is 2. The van der Waals surface area contributed by atoms with E-state index in [9.17, 15) is 29.4 Å². The van der Waals surface area contributed by atoms with Gasteiger partial charge >= 0.3 is 26.2 Å². The average molecular weight is 1100 g/mol. The van der Waals surface area contributed by atoms with E-state index in [2.05, 4.69) is 0 Å². The van der Waals surface area contributed by atoms with Gasteiger partial charge in [-0.1, -0.05) is 109 Å². The molecule has 4 atom stereocenters. The summed E-state index contributed by atoms with van der Waals surface area (Å²) in [6.45, 7) is 16.8. The first-order valence-electron chi connectivity index (χ1n) is 27.4. The van der Waals surface area contributed by atoms with Gasteiger partial charge in [-0.2, -0.15) is 0 Å². The van der Waals surface area contributed by atoms with Crippen molar-refractivity contribution in [3.05, 3.63) is 226 Å². The van der Waals surface area contributed by atoms with Crippen LogP contribution < -0.4 is 29.9 Å². The van der Waals surface area contributed by atoms with Crippen LogP contribution in [0.25, 0.3) is 0 Å². The quantitative estimate of drug-likeness (QED) is 0.110. The highest BCUT2D eigenvalue weighted by Gasteiger charge is 2.53. The van der Waals surface area contributed by atoms with E-state index in [1.165, 1.54) is 24.3 Å². The lowest BCUT2D eigenvalue weighted by molar-refractivity contribution is -0.111.